The van der Waals surface area contributed by atoms with Gasteiger partial charge in [0.2, 0.25) is 5.91 Å². The number of benzene rings is 1. The van der Waals surface area contributed by atoms with Crippen molar-refractivity contribution in [2.45, 2.75) is 13.8 Å². The summed E-state index contributed by atoms with van der Waals surface area (Å²) in [6.45, 7) is 3.82. The number of hydrogen-bond acceptors (Lipinski definition) is 1. The minimum absolute atomic E-state index is 0.0397. The van der Waals surface area contributed by atoms with Crippen molar-refractivity contribution in [3.8, 4) is 0 Å². The number of carbonyl (C=O) groups excluding carboxylic acids is 1. The van der Waals surface area contributed by atoms with Crippen molar-refractivity contribution >= 4 is 34.2 Å². The van der Waals surface area contributed by atoms with Gasteiger partial charge in [0.15, 0.2) is 0 Å². The summed E-state index contributed by atoms with van der Waals surface area (Å²) in [5, 5.41) is 0. The summed E-state index contributed by atoms with van der Waals surface area (Å²) in [7, 11) is 1.81. The van der Waals surface area contributed by atoms with Crippen LogP contribution in [-0.4, -0.2) is 13.0 Å². The van der Waals surface area contributed by atoms with Crippen molar-refractivity contribution in [3.63, 3.8) is 0 Å². The Kier molecular flexibility index (Phi) is 3.92. The number of nitrogens with zero attached hydrogens (tertiary/aromatic N) is 1. The molecule has 0 spiro atoms. The molecule has 0 atom stereocenters. The van der Waals surface area contributed by atoms with Crippen LogP contribution >= 0.6 is 22.6 Å². The van der Waals surface area contributed by atoms with Gasteiger partial charge >= 0.3 is 0 Å². The zero-order chi connectivity index (χ0) is 10.7. The minimum atomic E-state index is 0.0397. The van der Waals surface area contributed by atoms with Crippen LogP contribution in [0.1, 0.15) is 13.8 Å². The highest BCUT2D eigenvalue weighted by Crippen LogP contribution is 2.17. The monoisotopic (exact) mass is 303 g/mol. The van der Waals surface area contributed by atoms with E-state index in [1.807, 2.05) is 45.2 Å². The number of carbonyl (C=O) groups is 1. The molecular weight excluding hydrogens is 289 g/mol. The fourth-order valence-electron chi connectivity index (χ4n) is 1.20. The molecule has 0 N–H and O–H groups in total. The van der Waals surface area contributed by atoms with E-state index in [1.165, 1.54) is 0 Å². The van der Waals surface area contributed by atoms with Gasteiger partial charge in [-0.25, -0.2) is 0 Å². The number of hydrogen-bond donors (Lipinski definition) is 0. The Morgan fingerprint density at radius 2 is 2.07 bits per heavy atom. The number of halogens is 1. The highest BCUT2D eigenvalue weighted by atomic mass is 127. The first-order chi connectivity index (χ1) is 6.52. The van der Waals surface area contributed by atoms with Gasteiger partial charge in [0.25, 0.3) is 0 Å². The lowest BCUT2D eigenvalue weighted by atomic mass is 10.2. The standard InChI is InChI=1S/C11H14INO/c1-8(2)11(14)13(3)10-6-4-5-9(12)7-10/h4-8H,1-3H3. The molecule has 0 aliphatic carbocycles. The molecule has 0 saturated heterocycles. The summed E-state index contributed by atoms with van der Waals surface area (Å²) in [6, 6.07) is 7.92. The third-order valence-corrected chi connectivity index (χ3v) is 2.69. The highest BCUT2D eigenvalue weighted by Gasteiger charge is 2.14. The Morgan fingerprint density at radius 3 is 2.57 bits per heavy atom. The molecule has 0 saturated carbocycles. The lowest BCUT2D eigenvalue weighted by molar-refractivity contribution is -0.121. The van der Waals surface area contributed by atoms with Crippen LogP contribution in [0.25, 0.3) is 0 Å². The van der Waals surface area contributed by atoms with Gasteiger partial charge in [-0.15, -0.1) is 0 Å². The van der Waals surface area contributed by atoms with E-state index in [2.05, 4.69) is 22.6 Å². The molecule has 0 aliphatic heterocycles. The largest absolute Gasteiger partial charge is 0.315 e. The number of rotatable bonds is 2. The molecule has 0 aliphatic rings. The predicted octanol–water partition coefficient (Wildman–Crippen LogP) is 2.91. The van der Waals surface area contributed by atoms with Crippen LogP contribution in [0, 0.1) is 9.49 Å². The normalized spacial score (nSPS) is 10.4. The first-order valence-corrected chi connectivity index (χ1v) is 5.63. The predicted molar refractivity (Wildman–Crippen MR) is 67.4 cm³/mol. The molecule has 0 unspecified atom stereocenters. The summed E-state index contributed by atoms with van der Waals surface area (Å²) < 4.78 is 1.14. The molecule has 0 radical (unpaired) electrons. The van der Waals surface area contributed by atoms with Gasteiger partial charge < -0.3 is 4.90 Å². The lowest BCUT2D eigenvalue weighted by Crippen LogP contribution is -2.30. The average molecular weight is 303 g/mol. The smallest absolute Gasteiger partial charge is 0.229 e. The van der Waals surface area contributed by atoms with Crippen LogP contribution in [-0.2, 0) is 4.79 Å². The van der Waals surface area contributed by atoms with E-state index in [-0.39, 0.29) is 11.8 Å². The van der Waals surface area contributed by atoms with E-state index in [9.17, 15) is 4.79 Å². The van der Waals surface area contributed by atoms with Crippen molar-refractivity contribution in [2.24, 2.45) is 5.92 Å². The first kappa shape index (κ1) is 11.5. The summed E-state index contributed by atoms with van der Waals surface area (Å²) in [5.41, 5.74) is 0.954. The Morgan fingerprint density at radius 1 is 1.43 bits per heavy atom. The van der Waals surface area contributed by atoms with Crippen molar-refractivity contribution < 1.29 is 4.79 Å². The molecule has 1 aromatic carbocycles. The quantitative estimate of drug-likeness (QED) is 0.769. The van der Waals surface area contributed by atoms with Crippen molar-refractivity contribution in [1.82, 2.24) is 0 Å². The van der Waals surface area contributed by atoms with Gasteiger partial charge in [-0.2, -0.15) is 0 Å². The van der Waals surface area contributed by atoms with Gasteiger partial charge in [0, 0.05) is 22.2 Å². The van der Waals surface area contributed by atoms with E-state index in [4.69, 9.17) is 0 Å². The van der Waals surface area contributed by atoms with Crippen LogP contribution in [0.4, 0.5) is 5.69 Å². The summed E-state index contributed by atoms with van der Waals surface area (Å²) in [6.07, 6.45) is 0. The zero-order valence-corrected chi connectivity index (χ0v) is 10.8. The first-order valence-electron chi connectivity index (χ1n) is 4.55. The molecule has 0 bridgehead atoms. The highest BCUT2D eigenvalue weighted by molar-refractivity contribution is 14.1. The SMILES string of the molecule is CC(C)C(=O)N(C)c1cccc(I)c1. The van der Waals surface area contributed by atoms with E-state index < -0.39 is 0 Å². The minimum Gasteiger partial charge on any atom is -0.315 e. The third-order valence-electron chi connectivity index (χ3n) is 2.02. The second-order valence-electron chi connectivity index (χ2n) is 3.53. The van der Waals surface area contributed by atoms with Crippen molar-refractivity contribution in [3.05, 3.63) is 27.8 Å². The van der Waals surface area contributed by atoms with Gasteiger partial charge in [0.05, 0.1) is 0 Å². The van der Waals surface area contributed by atoms with Crippen LogP contribution in [0.5, 0.6) is 0 Å². The fraction of sp³-hybridized carbons (Fsp3) is 0.364. The van der Waals surface area contributed by atoms with Crippen molar-refractivity contribution in [2.75, 3.05) is 11.9 Å². The van der Waals surface area contributed by atoms with Crippen LogP contribution < -0.4 is 4.90 Å². The second-order valence-corrected chi connectivity index (χ2v) is 4.78. The van der Waals surface area contributed by atoms with Crippen LogP contribution in [0.15, 0.2) is 24.3 Å². The Bertz CT molecular complexity index is 336. The molecule has 3 heteroatoms. The third kappa shape index (κ3) is 2.70. The van der Waals surface area contributed by atoms with Crippen molar-refractivity contribution in [1.29, 1.82) is 0 Å². The maximum Gasteiger partial charge on any atom is 0.229 e. The maximum atomic E-state index is 11.7. The lowest BCUT2D eigenvalue weighted by Gasteiger charge is -2.19. The van der Waals surface area contributed by atoms with Crippen LogP contribution in [0.3, 0.4) is 0 Å². The molecule has 14 heavy (non-hydrogen) atoms. The Labute approximate surface area is 98.4 Å². The molecule has 76 valence electrons. The van der Waals surface area contributed by atoms with Gasteiger partial charge in [-0.3, -0.25) is 4.79 Å². The number of anilines is 1. The molecule has 0 fully saturated rings. The molecule has 0 aromatic heterocycles. The topological polar surface area (TPSA) is 20.3 Å². The summed E-state index contributed by atoms with van der Waals surface area (Å²) in [5.74, 6) is 0.185. The Balaban J connectivity index is 2.89. The summed E-state index contributed by atoms with van der Waals surface area (Å²) >= 11 is 2.24. The molecule has 2 nitrogen and oxygen atoms in total. The maximum absolute atomic E-state index is 11.7. The van der Waals surface area contributed by atoms with Gasteiger partial charge in [-0.1, -0.05) is 19.9 Å². The zero-order valence-electron chi connectivity index (χ0n) is 8.62. The molecule has 1 amide bonds. The Hall–Kier alpha value is -0.580. The molecular formula is C11H14INO. The average Bonchev–Trinajstić information content (AvgIpc) is 2.15. The molecule has 0 heterocycles. The van der Waals surface area contributed by atoms with Gasteiger partial charge in [0.1, 0.15) is 0 Å². The molecule has 1 aromatic rings. The van der Waals surface area contributed by atoms with Gasteiger partial charge in [-0.05, 0) is 40.8 Å². The van der Waals surface area contributed by atoms with Crippen LogP contribution in [0.2, 0.25) is 0 Å². The van der Waals surface area contributed by atoms with E-state index in [0.717, 1.165) is 9.26 Å². The van der Waals surface area contributed by atoms with E-state index in [1.54, 1.807) is 4.90 Å². The molecule has 1 rings (SSSR count). The van der Waals surface area contributed by atoms with E-state index in [0.29, 0.717) is 0 Å². The number of amides is 1. The van der Waals surface area contributed by atoms with E-state index >= 15 is 0 Å². The fourth-order valence-corrected chi connectivity index (χ4v) is 1.73. The second kappa shape index (κ2) is 4.77. The summed E-state index contributed by atoms with van der Waals surface area (Å²) in [4.78, 5) is 13.4.